The van der Waals surface area contributed by atoms with Gasteiger partial charge in [-0.1, -0.05) is 160 Å². The summed E-state index contributed by atoms with van der Waals surface area (Å²) in [7, 11) is 0. The number of aliphatic hydroxyl groups is 4. The van der Waals surface area contributed by atoms with Gasteiger partial charge < -0.3 is 25.7 Å². The molecule has 6 nitrogen and oxygen atoms in total. The van der Waals surface area contributed by atoms with Gasteiger partial charge >= 0.3 is 0 Å². The minimum Gasteiger partial charge on any atom is -0.394 e. The SMILES string of the molecule is CCCCCCCC/C=C/CCCC(O)C(O)C(CO)NC(=O)C(O)CCCCCCCC/C=C\CCCCCCCCCCCC. The number of carbonyl (C=O) groups excluding carboxylic acids is 1. The van der Waals surface area contributed by atoms with Gasteiger partial charge in [-0.15, -0.1) is 0 Å². The molecule has 0 fully saturated rings. The molecule has 0 rings (SSSR count). The predicted molar refractivity (Wildman–Crippen MR) is 201 cm³/mol. The van der Waals surface area contributed by atoms with Crippen molar-refractivity contribution in [3.8, 4) is 0 Å². The van der Waals surface area contributed by atoms with E-state index in [4.69, 9.17) is 0 Å². The Balaban J connectivity index is 3.78. The Hall–Kier alpha value is -1.21. The first-order valence-electron chi connectivity index (χ1n) is 20.2. The molecule has 0 aliphatic carbocycles. The summed E-state index contributed by atoms with van der Waals surface area (Å²) in [4.78, 5) is 12.4. The second kappa shape index (κ2) is 36.1. The Morgan fingerprint density at radius 2 is 0.872 bits per heavy atom. The van der Waals surface area contributed by atoms with E-state index in [1.54, 1.807) is 0 Å². The minimum absolute atomic E-state index is 0.357. The van der Waals surface area contributed by atoms with E-state index >= 15 is 0 Å². The summed E-state index contributed by atoms with van der Waals surface area (Å²) in [6, 6.07) is -1.00. The maximum Gasteiger partial charge on any atom is 0.249 e. The number of aliphatic hydroxyl groups excluding tert-OH is 4. The largest absolute Gasteiger partial charge is 0.394 e. The topological polar surface area (TPSA) is 110 Å². The number of unbranched alkanes of at least 4 members (excludes halogenated alkanes) is 23. The molecule has 5 N–H and O–H groups in total. The molecule has 0 aliphatic rings. The molecular formula is C41H79NO5. The first kappa shape index (κ1) is 45.8. The molecule has 0 heterocycles. The third-order valence-electron chi connectivity index (χ3n) is 9.38. The Morgan fingerprint density at radius 1 is 0.511 bits per heavy atom. The van der Waals surface area contributed by atoms with Crippen LogP contribution >= 0.6 is 0 Å². The summed E-state index contributed by atoms with van der Waals surface area (Å²) >= 11 is 0. The highest BCUT2D eigenvalue weighted by Gasteiger charge is 2.28. The molecule has 0 radical (unpaired) electrons. The lowest BCUT2D eigenvalue weighted by molar-refractivity contribution is -0.132. The number of hydrogen-bond acceptors (Lipinski definition) is 5. The van der Waals surface area contributed by atoms with Gasteiger partial charge in [-0.2, -0.15) is 0 Å². The van der Waals surface area contributed by atoms with Gasteiger partial charge in [-0.3, -0.25) is 4.79 Å². The number of nitrogens with one attached hydrogen (secondary N) is 1. The van der Waals surface area contributed by atoms with Gasteiger partial charge in [0.25, 0.3) is 0 Å². The molecule has 0 aromatic heterocycles. The van der Waals surface area contributed by atoms with Crippen LogP contribution in [0.1, 0.15) is 200 Å². The first-order valence-corrected chi connectivity index (χ1v) is 20.2. The maximum atomic E-state index is 12.4. The second-order valence-corrected chi connectivity index (χ2v) is 14.0. The lowest BCUT2D eigenvalue weighted by Gasteiger charge is -2.27. The van der Waals surface area contributed by atoms with Crippen LogP contribution in [0.25, 0.3) is 0 Å². The molecular weight excluding hydrogens is 586 g/mol. The molecule has 0 aromatic rings. The van der Waals surface area contributed by atoms with Gasteiger partial charge in [-0.25, -0.2) is 0 Å². The fourth-order valence-electron chi connectivity index (χ4n) is 6.10. The molecule has 278 valence electrons. The maximum absolute atomic E-state index is 12.4. The fraction of sp³-hybridized carbons (Fsp3) is 0.878. The zero-order chi connectivity index (χ0) is 34.6. The summed E-state index contributed by atoms with van der Waals surface area (Å²) in [5.41, 5.74) is 0. The van der Waals surface area contributed by atoms with E-state index in [1.807, 2.05) is 0 Å². The van der Waals surface area contributed by atoms with Crippen molar-refractivity contribution in [1.29, 1.82) is 0 Å². The minimum atomic E-state index is -1.28. The molecule has 0 saturated carbocycles. The number of carbonyl (C=O) groups is 1. The number of amides is 1. The van der Waals surface area contributed by atoms with E-state index < -0.39 is 36.9 Å². The summed E-state index contributed by atoms with van der Waals surface area (Å²) in [6.07, 6.45) is 39.2. The highest BCUT2D eigenvalue weighted by molar-refractivity contribution is 5.80. The zero-order valence-corrected chi connectivity index (χ0v) is 31.0. The van der Waals surface area contributed by atoms with Crippen LogP contribution in [-0.4, -0.2) is 57.3 Å². The molecule has 1 amide bonds. The zero-order valence-electron chi connectivity index (χ0n) is 31.0. The fourth-order valence-corrected chi connectivity index (χ4v) is 6.10. The van der Waals surface area contributed by atoms with Gasteiger partial charge in [0.05, 0.1) is 18.8 Å². The molecule has 0 spiro atoms. The van der Waals surface area contributed by atoms with Crippen molar-refractivity contribution in [2.75, 3.05) is 6.61 Å². The van der Waals surface area contributed by atoms with Gasteiger partial charge in [0.15, 0.2) is 0 Å². The van der Waals surface area contributed by atoms with Crippen LogP contribution in [0.2, 0.25) is 0 Å². The van der Waals surface area contributed by atoms with Crippen molar-refractivity contribution in [1.82, 2.24) is 5.32 Å². The normalized spacial score (nSPS) is 14.6. The molecule has 4 atom stereocenters. The monoisotopic (exact) mass is 666 g/mol. The predicted octanol–water partition coefficient (Wildman–Crippen LogP) is 10.0. The third-order valence-corrected chi connectivity index (χ3v) is 9.38. The van der Waals surface area contributed by atoms with Crippen LogP contribution in [0.5, 0.6) is 0 Å². The van der Waals surface area contributed by atoms with Crippen molar-refractivity contribution in [2.45, 2.75) is 224 Å². The Morgan fingerprint density at radius 3 is 1.28 bits per heavy atom. The molecule has 6 heteroatoms. The molecule has 0 saturated heterocycles. The standard InChI is InChI=1S/C41H79NO5/c1-3-5-7-9-11-13-15-16-17-18-19-20-21-22-23-25-27-29-31-33-35-39(45)41(47)42-37(36-43)40(46)38(44)34-32-30-28-26-24-14-12-10-8-6-4-2/h20-21,26,28,37-40,43-46H,3-19,22-25,27,29-36H2,1-2H3,(H,42,47)/b21-20-,28-26+. The molecule has 47 heavy (non-hydrogen) atoms. The Kier molecular flexibility index (Phi) is 35.2. The molecule has 0 aromatic carbocycles. The van der Waals surface area contributed by atoms with E-state index in [2.05, 4.69) is 43.5 Å². The van der Waals surface area contributed by atoms with Gasteiger partial charge in [0.2, 0.25) is 5.91 Å². The van der Waals surface area contributed by atoms with Crippen LogP contribution in [-0.2, 0) is 4.79 Å². The quantitative estimate of drug-likeness (QED) is 0.0338. The third kappa shape index (κ3) is 30.6. The van der Waals surface area contributed by atoms with E-state index in [0.717, 1.165) is 44.9 Å². The van der Waals surface area contributed by atoms with Crippen molar-refractivity contribution in [3.05, 3.63) is 24.3 Å². The number of hydrogen-bond donors (Lipinski definition) is 5. The molecule has 0 bridgehead atoms. The van der Waals surface area contributed by atoms with E-state index in [0.29, 0.717) is 12.8 Å². The van der Waals surface area contributed by atoms with Gasteiger partial charge in [-0.05, 0) is 64.2 Å². The van der Waals surface area contributed by atoms with Crippen molar-refractivity contribution in [2.24, 2.45) is 0 Å². The van der Waals surface area contributed by atoms with Crippen LogP contribution in [0.3, 0.4) is 0 Å². The van der Waals surface area contributed by atoms with Crippen LogP contribution in [0, 0.1) is 0 Å². The Bertz CT molecular complexity index is 712. The van der Waals surface area contributed by atoms with Crippen LogP contribution in [0.4, 0.5) is 0 Å². The van der Waals surface area contributed by atoms with Crippen molar-refractivity contribution in [3.63, 3.8) is 0 Å². The molecule has 0 aliphatic heterocycles. The van der Waals surface area contributed by atoms with Gasteiger partial charge in [0, 0.05) is 0 Å². The van der Waals surface area contributed by atoms with Crippen LogP contribution < -0.4 is 5.32 Å². The van der Waals surface area contributed by atoms with E-state index in [1.165, 1.54) is 128 Å². The van der Waals surface area contributed by atoms with Crippen molar-refractivity contribution >= 4 is 5.91 Å². The Labute approximate surface area is 291 Å². The van der Waals surface area contributed by atoms with Gasteiger partial charge in [0.1, 0.15) is 12.2 Å². The highest BCUT2D eigenvalue weighted by atomic mass is 16.3. The first-order chi connectivity index (χ1) is 23.0. The summed E-state index contributed by atoms with van der Waals surface area (Å²) in [5.74, 6) is -0.600. The lowest BCUT2D eigenvalue weighted by atomic mass is 10.00. The molecule has 4 unspecified atom stereocenters. The average molecular weight is 666 g/mol. The summed E-state index contributed by atoms with van der Waals surface area (Å²) in [6.45, 7) is 4.01. The highest BCUT2D eigenvalue weighted by Crippen LogP contribution is 2.14. The average Bonchev–Trinajstić information content (AvgIpc) is 3.07. The lowest BCUT2D eigenvalue weighted by Crippen LogP contribution is -2.53. The summed E-state index contributed by atoms with van der Waals surface area (Å²) < 4.78 is 0. The number of rotatable bonds is 36. The summed E-state index contributed by atoms with van der Waals surface area (Å²) in [5, 5.41) is 43.4. The van der Waals surface area contributed by atoms with Crippen LogP contribution in [0.15, 0.2) is 24.3 Å². The van der Waals surface area contributed by atoms with E-state index in [9.17, 15) is 25.2 Å². The second-order valence-electron chi connectivity index (χ2n) is 14.0. The van der Waals surface area contributed by atoms with E-state index in [-0.39, 0.29) is 0 Å². The number of allylic oxidation sites excluding steroid dienone is 4. The smallest absolute Gasteiger partial charge is 0.249 e. The van der Waals surface area contributed by atoms with Crippen molar-refractivity contribution < 1.29 is 25.2 Å².